The van der Waals surface area contributed by atoms with E-state index in [4.69, 9.17) is 0 Å². The van der Waals surface area contributed by atoms with Crippen LogP contribution in [0.15, 0.2) is 12.1 Å². The smallest absolute Gasteiger partial charge is 0.307 e. The minimum absolute atomic E-state index is 0.132. The van der Waals surface area contributed by atoms with Gasteiger partial charge < -0.3 is 10.1 Å². The van der Waals surface area contributed by atoms with Crippen LogP contribution < -0.4 is 5.32 Å². The Balaban J connectivity index is 2.99. The van der Waals surface area contributed by atoms with Gasteiger partial charge in [-0.25, -0.2) is 13.2 Å². The van der Waals surface area contributed by atoms with Crippen LogP contribution in [0.1, 0.15) is 32.8 Å². The van der Waals surface area contributed by atoms with Crippen LogP contribution in [0.2, 0.25) is 0 Å². The summed E-state index contributed by atoms with van der Waals surface area (Å²) in [5.74, 6) is -4.39. The Morgan fingerprint density at radius 2 is 1.70 bits per heavy atom. The molecule has 1 unspecified atom stereocenters. The fourth-order valence-corrected chi connectivity index (χ4v) is 1.85. The van der Waals surface area contributed by atoms with Gasteiger partial charge in [0.2, 0.25) is 5.91 Å². The minimum atomic E-state index is -1.30. The van der Waals surface area contributed by atoms with E-state index in [1.54, 1.807) is 20.8 Å². The van der Waals surface area contributed by atoms with Crippen molar-refractivity contribution in [3.8, 4) is 0 Å². The topological polar surface area (TPSA) is 55.4 Å². The summed E-state index contributed by atoms with van der Waals surface area (Å²) in [6, 6.07) is 0.359. The zero-order chi connectivity index (χ0) is 17.8. The highest BCUT2D eigenvalue weighted by Crippen LogP contribution is 2.18. The molecular weight excluding hydrogens is 311 g/mol. The van der Waals surface area contributed by atoms with E-state index in [1.165, 1.54) is 7.11 Å². The average molecular weight is 331 g/mol. The number of halogens is 3. The number of carbonyl (C=O) groups is 2. The SMILES string of the molecule is COC(=O)CC(Cc1cc(F)c(F)cc1F)NC(=O)C(C)(C)C. The summed E-state index contributed by atoms with van der Waals surface area (Å²) in [4.78, 5) is 23.5. The second-order valence-electron chi connectivity index (χ2n) is 6.26. The predicted octanol–water partition coefficient (Wildman–Crippen LogP) is 2.74. The van der Waals surface area contributed by atoms with Crippen LogP contribution in [0.25, 0.3) is 0 Å². The van der Waals surface area contributed by atoms with Crippen molar-refractivity contribution in [3.05, 3.63) is 35.1 Å². The molecule has 128 valence electrons. The fraction of sp³-hybridized carbons (Fsp3) is 0.500. The molecule has 1 rings (SSSR count). The molecule has 1 aromatic carbocycles. The maximum Gasteiger partial charge on any atom is 0.307 e. The lowest BCUT2D eigenvalue weighted by Crippen LogP contribution is -2.44. The number of esters is 1. The summed E-state index contributed by atoms with van der Waals surface area (Å²) in [6.07, 6.45) is -0.378. The number of ether oxygens (including phenoxy) is 1. The van der Waals surface area contributed by atoms with Gasteiger partial charge in [-0.05, 0) is 18.1 Å². The molecule has 0 saturated heterocycles. The van der Waals surface area contributed by atoms with Crippen LogP contribution in [0.5, 0.6) is 0 Å². The molecule has 7 heteroatoms. The molecule has 1 N–H and O–H groups in total. The van der Waals surface area contributed by atoms with Crippen molar-refractivity contribution < 1.29 is 27.5 Å². The number of nitrogens with one attached hydrogen (secondary N) is 1. The Kier molecular flexibility index (Phi) is 6.18. The second-order valence-corrected chi connectivity index (χ2v) is 6.26. The Morgan fingerprint density at radius 1 is 1.13 bits per heavy atom. The Morgan fingerprint density at radius 3 is 2.22 bits per heavy atom. The van der Waals surface area contributed by atoms with E-state index in [-0.39, 0.29) is 24.3 Å². The molecule has 0 heterocycles. The summed E-state index contributed by atoms with van der Waals surface area (Å²) >= 11 is 0. The molecule has 0 saturated carbocycles. The van der Waals surface area contributed by atoms with Gasteiger partial charge in [-0.15, -0.1) is 0 Å². The standard InChI is InChI=1S/C16H20F3NO3/c1-16(2,3)15(22)20-10(7-14(21)23-4)5-9-6-12(18)13(19)8-11(9)17/h6,8,10H,5,7H2,1-4H3,(H,20,22). The third kappa shape index (κ3) is 5.58. The average Bonchev–Trinajstić information content (AvgIpc) is 2.43. The maximum atomic E-state index is 13.7. The van der Waals surface area contributed by atoms with Crippen LogP contribution in [0.4, 0.5) is 13.2 Å². The van der Waals surface area contributed by atoms with Gasteiger partial charge in [0, 0.05) is 17.5 Å². The highest BCUT2D eigenvalue weighted by molar-refractivity contribution is 5.82. The van der Waals surface area contributed by atoms with E-state index in [1.807, 2.05) is 0 Å². The molecule has 0 spiro atoms. The molecule has 1 atom stereocenters. The van der Waals surface area contributed by atoms with Crippen LogP contribution in [0.3, 0.4) is 0 Å². The van der Waals surface area contributed by atoms with E-state index in [9.17, 15) is 22.8 Å². The third-order valence-electron chi connectivity index (χ3n) is 3.21. The van der Waals surface area contributed by atoms with E-state index < -0.39 is 34.9 Å². The Labute approximate surface area is 133 Å². The number of amides is 1. The number of benzene rings is 1. The van der Waals surface area contributed by atoms with Gasteiger partial charge in [0.15, 0.2) is 11.6 Å². The van der Waals surface area contributed by atoms with Gasteiger partial charge in [-0.1, -0.05) is 20.8 Å². The largest absolute Gasteiger partial charge is 0.469 e. The molecular formula is C16H20F3NO3. The van der Waals surface area contributed by atoms with Crippen molar-refractivity contribution in [2.45, 2.75) is 39.7 Å². The number of methoxy groups -OCH3 is 1. The monoisotopic (exact) mass is 331 g/mol. The van der Waals surface area contributed by atoms with Gasteiger partial charge >= 0.3 is 5.97 Å². The summed E-state index contributed by atoms with van der Waals surface area (Å²) in [7, 11) is 1.18. The fourth-order valence-electron chi connectivity index (χ4n) is 1.85. The van der Waals surface area contributed by atoms with Gasteiger partial charge in [0.1, 0.15) is 5.82 Å². The lowest BCUT2D eigenvalue weighted by molar-refractivity contribution is -0.141. The van der Waals surface area contributed by atoms with Crippen molar-refractivity contribution in [1.29, 1.82) is 0 Å². The predicted molar refractivity (Wildman–Crippen MR) is 78.0 cm³/mol. The maximum absolute atomic E-state index is 13.7. The van der Waals surface area contributed by atoms with Crippen molar-refractivity contribution in [2.24, 2.45) is 5.41 Å². The molecule has 0 aliphatic rings. The van der Waals surface area contributed by atoms with E-state index in [0.717, 1.165) is 6.07 Å². The minimum Gasteiger partial charge on any atom is -0.469 e. The summed E-state index contributed by atoms with van der Waals surface area (Å²) in [5, 5.41) is 2.61. The number of hydrogen-bond donors (Lipinski definition) is 1. The van der Waals surface area contributed by atoms with E-state index in [2.05, 4.69) is 10.1 Å². The number of hydrogen-bond acceptors (Lipinski definition) is 3. The molecule has 0 fully saturated rings. The van der Waals surface area contributed by atoms with Crippen molar-refractivity contribution in [2.75, 3.05) is 7.11 Å². The molecule has 4 nitrogen and oxygen atoms in total. The zero-order valence-corrected chi connectivity index (χ0v) is 13.5. The second kappa shape index (κ2) is 7.48. The molecule has 0 aliphatic heterocycles. The molecule has 1 amide bonds. The van der Waals surface area contributed by atoms with Gasteiger partial charge in [-0.2, -0.15) is 0 Å². The first-order chi connectivity index (χ1) is 10.5. The number of carbonyl (C=O) groups excluding carboxylic acids is 2. The van der Waals surface area contributed by atoms with E-state index >= 15 is 0 Å². The van der Waals surface area contributed by atoms with Gasteiger partial charge in [0.25, 0.3) is 0 Å². The number of rotatable bonds is 5. The van der Waals surface area contributed by atoms with Crippen molar-refractivity contribution >= 4 is 11.9 Å². The van der Waals surface area contributed by atoms with Crippen molar-refractivity contribution in [1.82, 2.24) is 5.32 Å². The molecule has 0 aliphatic carbocycles. The third-order valence-corrected chi connectivity index (χ3v) is 3.21. The first-order valence-electron chi connectivity index (χ1n) is 7.05. The Hall–Kier alpha value is -2.05. The lowest BCUT2D eigenvalue weighted by Gasteiger charge is -2.24. The van der Waals surface area contributed by atoms with Gasteiger partial charge in [0.05, 0.1) is 13.5 Å². The van der Waals surface area contributed by atoms with E-state index in [0.29, 0.717) is 6.07 Å². The highest BCUT2D eigenvalue weighted by Gasteiger charge is 2.26. The Bertz CT molecular complexity index is 597. The van der Waals surface area contributed by atoms with Crippen LogP contribution >= 0.6 is 0 Å². The molecule has 1 aromatic rings. The van der Waals surface area contributed by atoms with Crippen LogP contribution in [-0.2, 0) is 20.7 Å². The van der Waals surface area contributed by atoms with Crippen LogP contribution in [0, 0.1) is 22.9 Å². The molecule has 23 heavy (non-hydrogen) atoms. The summed E-state index contributed by atoms with van der Waals surface area (Å²) < 4.78 is 44.5. The lowest BCUT2D eigenvalue weighted by atomic mass is 9.94. The summed E-state index contributed by atoms with van der Waals surface area (Å²) in [5.41, 5.74) is -0.854. The van der Waals surface area contributed by atoms with Crippen molar-refractivity contribution in [3.63, 3.8) is 0 Å². The molecule has 0 radical (unpaired) electrons. The first-order valence-corrected chi connectivity index (χ1v) is 7.05. The zero-order valence-electron chi connectivity index (χ0n) is 13.5. The van der Waals surface area contributed by atoms with Gasteiger partial charge in [-0.3, -0.25) is 9.59 Å². The van der Waals surface area contributed by atoms with Crippen LogP contribution in [-0.4, -0.2) is 25.0 Å². The molecule has 0 bridgehead atoms. The summed E-state index contributed by atoms with van der Waals surface area (Å²) in [6.45, 7) is 5.03. The molecule has 0 aromatic heterocycles. The highest BCUT2D eigenvalue weighted by atomic mass is 19.2. The normalized spacial score (nSPS) is 12.7. The first kappa shape index (κ1) is 19.0. The quantitative estimate of drug-likeness (QED) is 0.667.